The summed E-state index contributed by atoms with van der Waals surface area (Å²) in [7, 11) is 0. The minimum atomic E-state index is -0.479. The van der Waals surface area contributed by atoms with E-state index < -0.39 is 16.7 Å². The van der Waals surface area contributed by atoms with E-state index in [2.05, 4.69) is 5.43 Å². The van der Waals surface area contributed by atoms with Crippen molar-refractivity contribution in [2.45, 2.75) is 6.92 Å². The monoisotopic (exact) mass is 465 g/mol. The molecule has 8 nitrogen and oxygen atoms in total. The molecule has 4 rings (SSSR count). The Balaban J connectivity index is 1.53. The molecule has 0 unspecified atom stereocenters. The minimum absolute atomic E-state index is 0.00419. The van der Waals surface area contributed by atoms with Crippen LogP contribution < -0.4 is 5.43 Å². The second-order valence-electron chi connectivity index (χ2n) is 6.78. The second-order valence-corrected chi connectivity index (χ2v) is 8.46. The van der Waals surface area contributed by atoms with Crippen LogP contribution in [-0.4, -0.2) is 26.1 Å². The van der Waals surface area contributed by atoms with Crippen LogP contribution in [0.2, 0.25) is 0 Å². The molecule has 1 saturated heterocycles. The topological polar surface area (TPSA) is 106 Å². The van der Waals surface area contributed by atoms with E-state index in [1.54, 1.807) is 61.5 Å². The molecule has 10 heteroatoms. The molecule has 32 heavy (non-hydrogen) atoms. The van der Waals surface area contributed by atoms with Gasteiger partial charge in [-0.2, -0.15) is 5.01 Å². The van der Waals surface area contributed by atoms with Crippen molar-refractivity contribution in [2.24, 2.45) is 0 Å². The van der Waals surface area contributed by atoms with Crippen molar-refractivity contribution >= 4 is 51.9 Å². The number of carbonyl (C=O) groups excluding carboxylic acids is 2. The van der Waals surface area contributed by atoms with Gasteiger partial charge in [-0.3, -0.25) is 25.1 Å². The van der Waals surface area contributed by atoms with Crippen LogP contribution >= 0.6 is 24.0 Å². The highest BCUT2D eigenvalue weighted by molar-refractivity contribution is 8.26. The Morgan fingerprint density at radius 2 is 1.94 bits per heavy atom. The van der Waals surface area contributed by atoms with Gasteiger partial charge in [0, 0.05) is 28.8 Å². The van der Waals surface area contributed by atoms with E-state index in [1.165, 1.54) is 12.1 Å². The molecule has 160 valence electrons. The zero-order valence-electron chi connectivity index (χ0n) is 16.6. The number of rotatable bonds is 5. The molecule has 1 fully saturated rings. The smallest absolute Gasteiger partial charge is 0.285 e. The number of carbonyl (C=O) groups is 2. The number of furan rings is 1. The van der Waals surface area contributed by atoms with E-state index in [0.29, 0.717) is 28.2 Å². The average Bonchev–Trinajstić information content (AvgIpc) is 3.35. The molecular formula is C22H15N3O5S2. The Bertz CT molecular complexity index is 1280. The quantitative estimate of drug-likeness (QED) is 0.252. The fourth-order valence-corrected chi connectivity index (χ4v) is 4.15. The van der Waals surface area contributed by atoms with Gasteiger partial charge in [0.2, 0.25) is 0 Å². The van der Waals surface area contributed by atoms with Crippen LogP contribution in [0.15, 0.2) is 70.0 Å². The molecule has 2 amide bonds. The molecule has 0 bridgehead atoms. The number of thiocarbonyl (C=S) groups is 1. The van der Waals surface area contributed by atoms with E-state index in [9.17, 15) is 19.7 Å². The normalized spacial score (nSPS) is 14.8. The van der Waals surface area contributed by atoms with Crippen molar-refractivity contribution in [1.82, 2.24) is 10.4 Å². The Morgan fingerprint density at radius 1 is 1.19 bits per heavy atom. The Kier molecular flexibility index (Phi) is 5.89. The SMILES string of the molecule is Cc1ccc(-c2ccc(/C=C3\SC(=S)N(NC(=O)c4ccccc4)C3=O)o2)cc1[N+](=O)[O-]. The first-order chi connectivity index (χ1) is 15.3. The predicted octanol–water partition coefficient (Wildman–Crippen LogP) is 4.71. The van der Waals surface area contributed by atoms with Crippen molar-refractivity contribution in [3.8, 4) is 11.3 Å². The zero-order chi connectivity index (χ0) is 22.8. The summed E-state index contributed by atoms with van der Waals surface area (Å²) >= 11 is 6.26. The maximum Gasteiger partial charge on any atom is 0.285 e. The summed E-state index contributed by atoms with van der Waals surface area (Å²) in [5, 5.41) is 12.2. The maximum atomic E-state index is 12.7. The number of nitro benzene ring substituents is 1. The second kappa shape index (κ2) is 8.77. The van der Waals surface area contributed by atoms with Crippen molar-refractivity contribution < 1.29 is 18.9 Å². The van der Waals surface area contributed by atoms with Gasteiger partial charge in [0.1, 0.15) is 11.5 Å². The average molecular weight is 466 g/mol. The van der Waals surface area contributed by atoms with Gasteiger partial charge in [-0.05, 0) is 43.4 Å². The summed E-state index contributed by atoms with van der Waals surface area (Å²) in [6, 6.07) is 16.6. The molecule has 2 aromatic carbocycles. The van der Waals surface area contributed by atoms with Gasteiger partial charge in [0.15, 0.2) is 4.32 Å². The van der Waals surface area contributed by atoms with Crippen LogP contribution in [0.1, 0.15) is 21.7 Å². The van der Waals surface area contributed by atoms with Gasteiger partial charge in [-0.15, -0.1) is 0 Å². The van der Waals surface area contributed by atoms with Crippen LogP contribution in [0.3, 0.4) is 0 Å². The van der Waals surface area contributed by atoms with Gasteiger partial charge in [-0.1, -0.05) is 42.1 Å². The molecule has 0 radical (unpaired) electrons. The number of nitrogens with one attached hydrogen (secondary N) is 1. The van der Waals surface area contributed by atoms with Gasteiger partial charge in [-0.25, -0.2) is 0 Å². The fourth-order valence-electron chi connectivity index (χ4n) is 2.99. The lowest BCUT2D eigenvalue weighted by Gasteiger charge is -2.15. The third-order valence-electron chi connectivity index (χ3n) is 4.63. The van der Waals surface area contributed by atoms with Crippen LogP contribution in [0.25, 0.3) is 17.4 Å². The molecule has 1 aliphatic rings. The van der Waals surface area contributed by atoms with Crippen LogP contribution in [-0.2, 0) is 4.79 Å². The first-order valence-corrected chi connectivity index (χ1v) is 10.5. The number of hydrogen-bond donors (Lipinski definition) is 1. The molecule has 1 aromatic heterocycles. The van der Waals surface area contributed by atoms with Gasteiger partial charge < -0.3 is 4.42 Å². The van der Waals surface area contributed by atoms with E-state index in [1.807, 2.05) is 0 Å². The number of benzene rings is 2. The van der Waals surface area contributed by atoms with Crippen LogP contribution in [0, 0.1) is 17.0 Å². The molecule has 3 aromatic rings. The van der Waals surface area contributed by atoms with Crippen LogP contribution in [0.5, 0.6) is 0 Å². The summed E-state index contributed by atoms with van der Waals surface area (Å²) in [4.78, 5) is 36.1. The first kappa shape index (κ1) is 21.5. The largest absolute Gasteiger partial charge is 0.457 e. The summed E-state index contributed by atoms with van der Waals surface area (Å²) in [5.74, 6) is -0.136. The Labute approximate surface area is 192 Å². The van der Waals surface area contributed by atoms with Crippen molar-refractivity contribution in [1.29, 1.82) is 0 Å². The van der Waals surface area contributed by atoms with E-state index in [-0.39, 0.29) is 14.9 Å². The number of hydrogen-bond acceptors (Lipinski definition) is 7. The number of thioether (sulfide) groups is 1. The lowest BCUT2D eigenvalue weighted by molar-refractivity contribution is -0.385. The standard InChI is InChI=1S/C22H15N3O5S2/c1-13-7-8-15(11-17(13)25(28)29)18-10-9-16(30-18)12-19-21(27)24(22(31)32-19)23-20(26)14-5-3-2-4-6-14/h2-12H,1H3,(H,23,26)/b19-12-. The number of hydrazine groups is 1. The number of nitro groups is 1. The number of amides is 2. The molecule has 0 atom stereocenters. The molecule has 0 saturated carbocycles. The lowest BCUT2D eigenvalue weighted by Crippen LogP contribution is -2.44. The first-order valence-electron chi connectivity index (χ1n) is 9.33. The van der Waals surface area contributed by atoms with Gasteiger partial charge in [0.05, 0.1) is 9.83 Å². The zero-order valence-corrected chi connectivity index (χ0v) is 18.2. The summed E-state index contributed by atoms with van der Waals surface area (Å²) in [6.45, 7) is 1.66. The number of aryl methyl sites for hydroxylation is 1. The fraction of sp³-hybridized carbons (Fsp3) is 0.0455. The summed E-state index contributed by atoms with van der Waals surface area (Å²) < 4.78 is 5.95. The summed E-state index contributed by atoms with van der Waals surface area (Å²) in [6.07, 6.45) is 1.51. The molecule has 1 N–H and O–H groups in total. The van der Waals surface area contributed by atoms with E-state index in [0.717, 1.165) is 16.8 Å². The van der Waals surface area contributed by atoms with Crippen LogP contribution in [0.4, 0.5) is 5.69 Å². The van der Waals surface area contributed by atoms with Gasteiger partial charge in [0.25, 0.3) is 17.5 Å². The number of nitrogens with zero attached hydrogens (tertiary/aromatic N) is 2. The van der Waals surface area contributed by atoms with E-state index >= 15 is 0 Å². The molecule has 0 spiro atoms. The van der Waals surface area contributed by atoms with Gasteiger partial charge >= 0.3 is 0 Å². The highest BCUT2D eigenvalue weighted by Crippen LogP contribution is 2.33. The van der Waals surface area contributed by atoms with Crippen molar-refractivity contribution in [3.05, 3.63) is 92.6 Å². The third kappa shape index (κ3) is 4.32. The molecule has 1 aliphatic heterocycles. The highest BCUT2D eigenvalue weighted by Gasteiger charge is 2.34. The predicted molar refractivity (Wildman–Crippen MR) is 124 cm³/mol. The highest BCUT2D eigenvalue weighted by atomic mass is 32.2. The maximum absolute atomic E-state index is 12.7. The summed E-state index contributed by atoms with van der Waals surface area (Å²) in [5.41, 5.74) is 4.00. The molecule has 2 heterocycles. The Hall–Kier alpha value is -3.76. The minimum Gasteiger partial charge on any atom is -0.457 e. The van der Waals surface area contributed by atoms with Crippen molar-refractivity contribution in [3.63, 3.8) is 0 Å². The Morgan fingerprint density at radius 3 is 2.66 bits per heavy atom. The van der Waals surface area contributed by atoms with E-state index in [4.69, 9.17) is 16.6 Å². The lowest BCUT2D eigenvalue weighted by atomic mass is 10.1. The van der Waals surface area contributed by atoms with Crippen molar-refractivity contribution in [2.75, 3.05) is 0 Å². The third-order valence-corrected chi connectivity index (χ3v) is 5.94. The molecular weight excluding hydrogens is 450 g/mol. The molecule has 0 aliphatic carbocycles.